The van der Waals surface area contributed by atoms with Gasteiger partial charge in [0.2, 0.25) is 0 Å². The molecule has 0 amide bonds. The molecule has 0 rings (SSSR count). The van der Waals surface area contributed by atoms with Crippen molar-refractivity contribution in [3.8, 4) is 0 Å². The second-order valence-corrected chi connectivity index (χ2v) is 6.44. The van der Waals surface area contributed by atoms with Crippen LogP contribution in [0, 0.1) is 0 Å². The lowest BCUT2D eigenvalue weighted by Crippen LogP contribution is -2.40. The fourth-order valence-electron chi connectivity index (χ4n) is 0.669. The van der Waals surface area contributed by atoms with Crippen molar-refractivity contribution in [3.63, 3.8) is 0 Å². The third-order valence-corrected chi connectivity index (χ3v) is 2.84. The smallest absolute Gasteiger partial charge is 0.0608 e. The van der Waals surface area contributed by atoms with E-state index in [1.54, 1.807) is 0 Å². The van der Waals surface area contributed by atoms with Gasteiger partial charge in [0.15, 0.2) is 0 Å². The van der Waals surface area contributed by atoms with Crippen LogP contribution in [0.25, 0.3) is 0 Å². The van der Waals surface area contributed by atoms with Gasteiger partial charge < -0.3 is 10.8 Å². The number of rotatable bonds is 4. The highest BCUT2D eigenvalue weighted by atomic mass is 32.2. The summed E-state index contributed by atoms with van der Waals surface area (Å²) in [5.74, 6) is 1.01. The normalized spacial score (nSPS) is 17.5. The second kappa shape index (κ2) is 4.49. The Morgan fingerprint density at radius 1 is 1.25 bits per heavy atom. The fourth-order valence-corrected chi connectivity index (χ4v) is 1.85. The van der Waals surface area contributed by atoms with E-state index in [0.717, 1.165) is 12.2 Å². The third kappa shape index (κ3) is 6.95. The fraction of sp³-hybridized carbons (Fsp3) is 1.00. The molecular weight excluding hydrogens is 170 g/mol. The summed E-state index contributed by atoms with van der Waals surface area (Å²) in [5, 5.41) is 8.89. The number of aliphatic hydroxyl groups excluding tert-OH is 1. The number of hydrogen-bond acceptors (Lipinski definition) is 3. The van der Waals surface area contributed by atoms with E-state index in [-0.39, 0.29) is 6.61 Å². The first-order chi connectivity index (χ1) is 5.27. The molecule has 1 atom stereocenters. The van der Waals surface area contributed by atoms with E-state index in [4.69, 9.17) is 10.8 Å². The highest BCUT2D eigenvalue weighted by Gasteiger charge is 2.18. The Bertz CT molecular complexity index is 129. The van der Waals surface area contributed by atoms with Crippen LogP contribution in [-0.2, 0) is 0 Å². The summed E-state index contributed by atoms with van der Waals surface area (Å²) in [6.07, 6.45) is 0.867. The molecule has 0 bridgehead atoms. The average molecular weight is 191 g/mol. The second-order valence-electron chi connectivity index (χ2n) is 4.52. The Balaban J connectivity index is 3.57. The number of hydrogen-bond donors (Lipinski definition) is 2. The first-order valence-corrected chi connectivity index (χ1v) is 5.29. The molecule has 0 aliphatic carbocycles. The molecule has 0 aromatic rings. The van der Waals surface area contributed by atoms with Crippen molar-refractivity contribution in [2.24, 2.45) is 5.73 Å². The van der Waals surface area contributed by atoms with Crippen LogP contribution < -0.4 is 5.73 Å². The van der Waals surface area contributed by atoms with Crippen LogP contribution in [0.3, 0.4) is 0 Å². The highest BCUT2D eigenvalue weighted by Crippen LogP contribution is 2.25. The Hall–Kier alpha value is 0.270. The topological polar surface area (TPSA) is 46.2 Å². The zero-order chi connectivity index (χ0) is 9.83. The van der Waals surface area contributed by atoms with Crippen molar-refractivity contribution < 1.29 is 5.11 Å². The van der Waals surface area contributed by atoms with Crippen LogP contribution in [0.15, 0.2) is 0 Å². The van der Waals surface area contributed by atoms with Gasteiger partial charge in [-0.25, -0.2) is 0 Å². The molecule has 0 aliphatic rings. The maximum absolute atomic E-state index is 8.89. The maximum Gasteiger partial charge on any atom is 0.0608 e. The summed E-state index contributed by atoms with van der Waals surface area (Å²) in [7, 11) is 0. The van der Waals surface area contributed by atoms with Crippen LogP contribution in [0.2, 0.25) is 0 Å². The minimum Gasteiger partial charge on any atom is -0.394 e. The molecule has 2 nitrogen and oxygen atoms in total. The minimum absolute atomic E-state index is 0.0672. The first-order valence-electron chi connectivity index (χ1n) is 4.30. The standard InChI is InChI=1S/C9H21NOS/c1-8(2,3)12-6-5-9(4,10)7-11/h11H,5-7,10H2,1-4H3. The Labute approximate surface area is 79.9 Å². The predicted molar refractivity (Wildman–Crippen MR) is 56.5 cm³/mol. The van der Waals surface area contributed by atoms with Gasteiger partial charge in [0.05, 0.1) is 6.61 Å². The third-order valence-electron chi connectivity index (χ3n) is 1.57. The van der Waals surface area contributed by atoms with Crippen molar-refractivity contribution >= 4 is 11.8 Å². The van der Waals surface area contributed by atoms with E-state index < -0.39 is 5.54 Å². The first kappa shape index (κ1) is 12.3. The molecule has 1 unspecified atom stereocenters. The number of thioether (sulfide) groups is 1. The van der Waals surface area contributed by atoms with Crippen molar-refractivity contribution in [2.45, 2.75) is 44.4 Å². The van der Waals surface area contributed by atoms with Crippen molar-refractivity contribution in [1.82, 2.24) is 0 Å². The number of aliphatic hydroxyl groups is 1. The molecule has 0 saturated heterocycles. The van der Waals surface area contributed by atoms with Gasteiger partial charge in [-0.15, -0.1) is 0 Å². The summed E-state index contributed by atoms with van der Waals surface area (Å²) in [6, 6.07) is 0. The monoisotopic (exact) mass is 191 g/mol. The predicted octanol–water partition coefficient (Wildman–Crippen LogP) is 1.62. The van der Waals surface area contributed by atoms with Crippen LogP contribution in [0.1, 0.15) is 34.1 Å². The molecule has 0 heterocycles. The van der Waals surface area contributed by atoms with E-state index >= 15 is 0 Å². The van der Waals surface area contributed by atoms with Crippen LogP contribution in [-0.4, -0.2) is 27.8 Å². The molecule has 3 heteroatoms. The number of nitrogens with two attached hydrogens (primary N) is 1. The summed E-state index contributed by atoms with van der Waals surface area (Å²) >= 11 is 1.88. The summed E-state index contributed by atoms with van der Waals surface area (Å²) in [5.41, 5.74) is 5.38. The molecule has 0 aliphatic heterocycles. The molecular formula is C9H21NOS. The van der Waals surface area contributed by atoms with E-state index in [9.17, 15) is 0 Å². The molecule has 0 spiro atoms. The Morgan fingerprint density at radius 3 is 2.08 bits per heavy atom. The summed E-state index contributed by atoms with van der Waals surface area (Å²) < 4.78 is 0.297. The molecule has 0 aromatic carbocycles. The van der Waals surface area contributed by atoms with Gasteiger partial charge >= 0.3 is 0 Å². The van der Waals surface area contributed by atoms with Gasteiger partial charge in [-0.1, -0.05) is 20.8 Å². The quantitative estimate of drug-likeness (QED) is 0.710. The average Bonchev–Trinajstić information content (AvgIpc) is 1.84. The van der Waals surface area contributed by atoms with Gasteiger partial charge in [0, 0.05) is 10.3 Å². The van der Waals surface area contributed by atoms with Gasteiger partial charge in [-0.2, -0.15) is 11.8 Å². The van der Waals surface area contributed by atoms with Crippen molar-refractivity contribution in [3.05, 3.63) is 0 Å². The van der Waals surface area contributed by atoms with Crippen molar-refractivity contribution in [2.75, 3.05) is 12.4 Å². The molecule has 74 valence electrons. The lowest BCUT2D eigenvalue weighted by molar-refractivity contribution is 0.206. The Morgan fingerprint density at radius 2 is 1.75 bits per heavy atom. The summed E-state index contributed by atoms with van der Waals surface area (Å²) in [6.45, 7) is 8.51. The van der Waals surface area contributed by atoms with E-state index in [1.165, 1.54) is 0 Å². The largest absolute Gasteiger partial charge is 0.394 e. The van der Waals surface area contributed by atoms with E-state index in [2.05, 4.69) is 20.8 Å². The minimum atomic E-state index is -0.405. The van der Waals surface area contributed by atoms with Gasteiger partial charge in [0.25, 0.3) is 0 Å². The lowest BCUT2D eigenvalue weighted by Gasteiger charge is -2.24. The Kier molecular flexibility index (Phi) is 4.59. The molecule has 0 radical (unpaired) electrons. The molecule has 3 N–H and O–H groups in total. The van der Waals surface area contributed by atoms with Gasteiger partial charge in [0.1, 0.15) is 0 Å². The van der Waals surface area contributed by atoms with Crippen LogP contribution in [0.5, 0.6) is 0 Å². The van der Waals surface area contributed by atoms with Gasteiger partial charge in [-0.05, 0) is 19.1 Å². The molecule has 0 fully saturated rings. The van der Waals surface area contributed by atoms with Crippen LogP contribution in [0.4, 0.5) is 0 Å². The van der Waals surface area contributed by atoms with E-state index in [0.29, 0.717) is 4.75 Å². The molecule has 0 aromatic heterocycles. The van der Waals surface area contributed by atoms with Gasteiger partial charge in [-0.3, -0.25) is 0 Å². The molecule has 0 saturated carbocycles. The zero-order valence-corrected chi connectivity index (χ0v) is 9.37. The summed E-state index contributed by atoms with van der Waals surface area (Å²) in [4.78, 5) is 0. The zero-order valence-electron chi connectivity index (χ0n) is 8.55. The maximum atomic E-state index is 8.89. The highest BCUT2D eigenvalue weighted by molar-refractivity contribution is 8.00. The van der Waals surface area contributed by atoms with E-state index in [1.807, 2.05) is 18.7 Å². The van der Waals surface area contributed by atoms with Crippen LogP contribution >= 0.6 is 11.8 Å². The SMILES string of the molecule is CC(N)(CO)CCSC(C)(C)C. The molecule has 12 heavy (non-hydrogen) atoms. The lowest BCUT2D eigenvalue weighted by atomic mass is 10.0. The van der Waals surface area contributed by atoms with Crippen molar-refractivity contribution in [1.29, 1.82) is 0 Å².